The van der Waals surface area contributed by atoms with E-state index in [1.54, 1.807) is 0 Å². The molecular weight excluding hydrogens is 114 g/mol. The Labute approximate surface area is 57.5 Å². The highest BCUT2D eigenvalue weighted by Crippen LogP contribution is 1.89. The van der Waals surface area contributed by atoms with E-state index in [1.165, 1.54) is 0 Å². The molecular formula is C7H16NO. The molecule has 0 amide bonds. The monoisotopic (exact) mass is 130 g/mol. The van der Waals surface area contributed by atoms with Crippen molar-refractivity contribution in [2.24, 2.45) is 0 Å². The van der Waals surface area contributed by atoms with Gasteiger partial charge in [0.1, 0.15) is 0 Å². The predicted octanol–water partition coefficient (Wildman–Crippen LogP) is 0.525. The van der Waals surface area contributed by atoms with Crippen molar-refractivity contribution in [1.29, 1.82) is 0 Å². The fourth-order valence-electron chi connectivity index (χ4n) is 0.664. The van der Waals surface area contributed by atoms with Crippen LogP contribution in [0.15, 0.2) is 0 Å². The fourth-order valence-corrected chi connectivity index (χ4v) is 0.664. The van der Waals surface area contributed by atoms with Crippen LogP contribution in [0, 0.1) is 6.92 Å². The van der Waals surface area contributed by atoms with Gasteiger partial charge in [0.15, 0.2) is 0 Å². The molecule has 0 saturated heterocycles. The first-order valence-electron chi connectivity index (χ1n) is 3.40. The minimum Gasteiger partial charge on any atom is -0.395 e. The van der Waals surface area contributed by atoms with Gasteiger partial charge in [0, 0.05) is 6.54 Å². The maximum Gasteiger partial charge on any atom is 0.0558 e. The summed E-state index contributed by atoms with van der Waals surface area (Å²) in [7, 11) is 2.01. The number of rotatable bonds is 5. The normalized spacial score (nSPS) is 10.7. The molecule has 9 heavy (non-hydrogen) atoms. The molecule has 0 saturated carbocycles. The smallest absolute Gasteiger partial charge is 0.0558 e. The molecule has 0 fully saturated rings. The molecule has 0 aromatic rings. The number of likely N-dealkylation sites (N-methyl/N-ethyl adjacent to an activating group) is 1. The van der Waals surface area contributed by atoms with E-state index in [0.717, 1.165) is 25.9 Å². The number of nitrogens with zero attached hydrogens (tertiary/aromatic N) is 1. The van der Waals surface area contributed by atoms with Gasteiger partial charge in [-0.15, -0.1) is 0 Å². The molecule has 0 aliphatic carbocycles. The van der Waals surface area contributed by atoms with E-state index >= 15 is 0 Å². The van der Waals surface area contributed by atoms with Gasteiger partial charge in [-0.2, -0.15) is 0 Å². The number of aliphatic hydroxyl groups is 1. The van der Waals surface area contributed by atoms with Crippen LogP contribution in [0.2, 0.25) is 0 Å². The van der Waals surface area contributed by atoms with Crippen LogP contribution >= 0.6 is 0 Å². The minimum atomic E-state index is 0.258. The number of unbranched alkanes of at least 4 members (excludes halogenated alkanes) is 1. The first-order chi connectivity index (χ1) is 4.31. The van der Waals surface area contributed by atoms with Gasteiger partial charge in [-0.3, -0.25) is 0 Å². The van der Waals surface area contributed by atoms with Crippen LogP contribution in [0.1, 0.15) is 12.8 Å². The predicted molar refractivity (Wildman–Crippen MR) is 39.2 cm³/mol. The minimum absolute atomic E-state index is 0.258. The lowest BCUT2D eigenvalue weighted by molar-refractivity contribution is 0.220. The Hall–Kier alpha value is -0.0800. The molecule has 0 heterocycles. The summed E-state index contributed by atoms with van der Waals surface area (Å²) in [5, 5.41) is 8.48. The molecule has 0 aromatic heterocycles. The van der Waals surface area contributed by atoms with Crippen molar-refractivity contribution in [2.75, 3.05) is 26.7 Å². The highest BCUT2D eigenvalue weighted by molar-refractivity contribution is 4.50. The van der Waals surface area contributed by atoms with E-state index in [0.29, 0.717) is 0 Å². The van der Waals surface area contributed by atoms with Crippen LogP contribution < -0.4 is 0 Å². The zero-order chi connectivity index (χ0) is 7.11. The first-order valence-corrected chi connectivity index (χ1v) is 3.40. The van der Waals surface area contributed by atoms with Crippen LogP contribution in [-0.4, -0.2) is 36.8 Å². The van der Waals surface area contributed by atoms with Gasteiger partial charge in [-0.05, 0) is 20.0 Å². The van der Waals surface area contributed by atoms with E-state index < -0.39 is 0 Å². The molecule has 0 aliphatic heterocycles. The Balaban J connectivity index is 2.95. The lowest BCUT2D eigenvalue weighted by Gasteiger charge is -2.13. The molecule has 0 atom stereocenters. The van der Waals surface area contributed by atoms with E-state index in [1.807, 2.05) is 7.05 Å². The lowest BCUT2D eigenvalue weighted by atomic mass is 10.3. The Morgan fingerprint density at radius 1 is 1.44 bits per heavy atom. The summed E-state index contributed by atoms with van der Waals surface area (Å²) in [6.45, 7) is 5.81. The van der Waals surface area contributed by atoms with Gasteiger partial charge in [-0.1, -0.05) is 13.3 Å². The Bertz CT molecular complexity index is 56.9. The summed E-state index contributed by atoms with van der Waals surface area (Å²) >= 11 is 0. The molecule has 1 N–H and O–H groups in total. The molecule has 0 unspecified atom stereocenters. The molecule has 55 valence electrons. The second-order valence-corrected chi connectivity index (χ2v) is 2.23. The van der Waals surface area contributed by atoms with E-state index in [9.17, 15) is 0 Å². The van der Waals surface area contributed by atoms with Gasteiger partial charge in [0.05, 0.1) is 6.61 Å². The summed E-state index contributed by atoms with van der Waals surface area (Å²) in [5.41, 5.74) is 0. The molecule has 0 bridgehead atoms. The van der Waals surface area contributed by atoms with E-state index in [4.69, 9.17) is 5.11 Å². The van der Waals surface area contributed by atoms with Crippen molar-refractivity contribution < 1.29 is 5.11 Å². The average molecular weight is 130 g/mol. The molecule has 2 nitrogen and oxygen atoms in total. The molecule has 0 aliphatic rings. The van der Waals surface area contributed by atoms with Gasteiger partial charge in [0.25, 0.3) is 0 Å². The van der Waals surface area contributed by atoms with Crippen molar-refractivity contribution in [2.45, 2.75) is 12.8 Å². The summed E-state index contributed by atoms with van der Waals surface area (Å²) in [4.78, 5) is 2.10. The highest BCUT2D eigenvalue weighted by Gasteiger charge is 1.93. The largest absolute Gasteiger partial charge is 0.395 e. The summed E-state index contributed by atoms with van der Waals surface area (Å²) in [6.07, 6.45) is 2.10. The molecule has 1 radical (unpaired) electrons. The first kappa shape index (κ1) is 8.92. The summed E-state index contributed by atoms with van der Waals surface area (Å²) in [6, 6.07) is 0. The Morgan fingerprint density at radius 3 is 2.56 bits per heavy atom. The van der Waals surface area contributed by atoms with E-state index in [2.05, 4.69) is 11.8 Å². The Kier molecular flexibility index (Phi) is 5.99. The van der Waals surface area contributed by atoms with Gasteiger partial charge < -0.3 is 10.0 Å². The number of hydrogen-bond donors (Lipinski definition) is 1. The quantitative estimate of drug-likeness (QED) is 0.586. The SMILES string of the molecule is [CH2]CCCN(C)CCO. The standard InChI is InChI=1S/C7H16NO/c1-3-4-5-8(2)6-7-9/h9H,1,3-7H2,2H3. The molecule has 0 aromatic carbocycles. The number of hydrogen-bond acceptors (Lipinski definition) is 2. The molecule has 0 spiro atoms. The van der Waals surface area contributed by atoms with Crippen LogP contribution in [0.4, 0.5) is 0 Å². The van der Waals surface area contributed by atoms with Gasteiger partial charge in [0.2, 0.25) is 0 Å². The summed E-state index contributed by atoms with van der Waals surface area (Å²) < 4.78 is 0. The lowest BCUT2D eigenvalue weighted by Crippen LogP contribution is -2.22. The molecule has 0 rings (SSSR count). The highest BCUT2D eigenvalue weighted by atomic mass is 16.3. The van der Waals surface area contributed by atoms with Crippen molar-refractivity contribution in [3.05, 3.63) is 6.92 Å². The third kappa shape index (κ3) is 5.80. The summed E-state index contributed by atoms with van der Waals surface area (Å²) in [5.74, 6) is 0. The van der Waals surface area contributed by atoms with Crippen LogP contribution in [-0.2, 0) is 0 Å². The molecule has 2 heteroatoms. The zero-order valence-electron chi connectivity index (χ0n) is 6.14. The number of aliphatic hydroxyl groups excluding tert-OH is 1. The second-order valence-electron chi connectivity index (χ2n) is 2.23. The van der Waals surface area contributed by atoms with Crippen molar-refractivity contribution in [1.82, 2.24) is 4.90 Å². The third-order valence-corrected chi connectivity index (χ3v) is 1.27. The van der Waals surface area contributed by atoms with Gasteiger partial charge in [-0.25, -0.2) is 0 Å². The maximum atomic E-state index is 8.48. The topological polar surface area (TPSA) is 23.5 Å². The van der Waals surface area contributed by atoms with Crippen molar-refractivity contribution in [3.8, 4) is 0 Å². The van der Waals surface area contributed by atoms with Crippen LogP contribution in [0.5, 0.6) is 0 Å². The van der Waals surface area contributed by atoms with Crippen LogP contribution in [0.25, 0.3) is 0 Å². The maximum absolute atomic E-state index is 8.48. The van der Waals surface area contributed by atoms with Gasteiger partial charge >= 0.3 is 0 Å². The van der Waals surface area contributed by atoms with E-state index in [-0.39, 0.29) is 6.61 Å². The zero-order valence-corrected chi connectivity index (χ0v) is 6.14. The third-order valence-electron chi connectivity index (χ3n) is 1.27. The average Bonchev–Trinajstić information content (AvgIpc) is 1.85. The fraction of sp³-hybridized carbons (Fsp3) is 0.857. The Morgan fingerprint density at radius 2 is 2.11 bits per heavy atom. The van der Waals surface area contributed by atoms with Crippen molar-refractivity contribution >= 4 is 0 Å². The van der Waals surface area contributed by atoms with Crippen molar-refractivity contribution in [3.63, 3.8) is 0 Å². The van der Waals surface area contributed by atoms with Crippen LogP contribution in [0.3, 0.4) is 0 Å². The second kappa shape index (κ2) is 6.05.